The van der Waals surface area contributed by atoms with Crippen molar-refractivity contribution in [2.45, 2.75) is 26.4 Å². The molecule has 1 aliphatic heterocycles. The van der Waals surface area contributed by atoms with Crippen molar-refractivity contribution >= 4 is 40.1 Å². The maximum atomic E-state index is 13.9. The van der Waals surface area contributed by atoms with E-state index in [0.717, 1.165) is 63.6 Å². The molecule has 1 aromatic heterocycles. The molecule has 2 heterocycles. The Labute approximate surface area is 218 Å². The van der Waals surface area contributed by atoms with Crippen LogP contribution in [0.25, 0.3) is 0 Å². The van der Waals surface area contributed by atoms with Crippen LogP contribution >= 0.6 is 23.1 Å². The van der Waals surface area contributed by atoms with E-state index >= 15 is 0 Å². The number of unbranched alkanes of at least 4 members (excludes halogenated alkanes) is 1. The maximum absolute atomic E-state index is 13.9. The third-order valence-corrected chi connectivity index (χ3v) is 6.99. The monoisotopic (exact) mass is 542 g/mol. The van der Waals surface area contributed by atoms with Gasteiger partial charge in [-0.15, -0.1) is 0 Å². The number of aliphatic hydroxyl groups is 1. The van der Waals surface area contributed by atoms with Gasteiger partial charge in [-0.2, -0.15) is 4.37 Å². The second kappa shape index (κ2) is 13.7. The number of urea groups is 1. The predicted octanol–water partition coefficient (Wildman–Crippen LogP) is 2.43. The first-order valence-electron chi connectivity index (χ1n) is 11.8. The molecule has 10 nitrogen and oxygen atoms in total. The molecule has 3 amide bonds. The molecule has 198 valence electrons. The number of primary amides is 1. The Balaban J connectivity index is 1.43. The predicted molar refractivity (Wildman–Crippen MR) is 137 cm³/mol. The summed E-state index contributed by atoms with van der Waals surface area (Å²) < 4.78 is 23.5. The first-order chi connectivity index (χ1) is 17.3. The molecule has 0 radical (unpaired) electrons. The Hall–Kier alpha value is -2.51. The average molecular weight is 543 g/mol. The smallest absolute Gasteiger partial charge is 0.319 e. The number of rotatable bonds is 12. The minimum atomic E-state index is -0.811. The highest BCUT2D eigenvalue weighted by Crippen LogP contribution is 2.31. The lowest BCUT2D eigenvalue weighted by Gasteiger charge is -2.34. The average Bonchev–Trinajstić information content (AvgIpc) is 3.24. The van der Waals surface area contributed by atoms with Gasteiger partial charge in [-0.25, -0.2) is 9.18 Å². The molecule has 1 fully saturated rings. The zero-order chi connectivity index (χ0) is 26.1. The highest BCUT2D eigenvalue weighted by Gasteiger charge is 2.22. The Kier molecular flexibility index (Phi) is 10.7. The molecule has 0 spiro atoms. The van der Waals surface area contributed by atoms with Gasteiger partial charge >= 0.3 is 6.03 Å². The largest absolute Gasteiger partial charge is 0.472 e. The van der Waals surface area contributed by atoms with Gasteiger partial charge in [-0.1, -0.05) is 11.6 Å². The number of aryl methyl sites for hydroxylation is 1. The summed E-state index contributed by atoms with van der Waals surface area (Å²) in [6, 6.07) is 2.27. The van der Waals surface area contributed by atoms with Crippen LogP contribution in [-0.4, -0.2) is 83.6 Å². The molecule has 5 N–H and O–H groups in total. The Morgan fingerprint density at radius 1 is 1.22 bits per heavy atom. The van der Waals surface area contributed by atoms with E-state index in [9.17, 15) is 14.0 Å². The normalized spacial score (nSPS) is 14.6. The van der Waals surface area contributed by atoms with Gasteiger partial charge < -0.3 is 25.8 Å². The van der Waals surface area contributed by atoms with Crippen LogP contribution in [0.5, 0.6) is 5.88 Å². The van der Waals surface area contributed by atoms with Crippen molar-refractivity contribution in [2.24, 2.45) is 5.73 Å². The van der Waals surface area contributed by atoms with E-state index in [1.165, 1.54) is 12.1 Å². The number of nitrogens with one attached hydrogen (secondary N) is 2. The highest BCUT2D eigenvalue weighted by molar-refractivity contribution is 7.11. The van der Waals surface area contributed by atoms with Crippen LogP contribution in [0.2, 0.25) is 5.02 Å². The summed E-state index contributed by atoms with van der Waals surface area (Å²) in [4.78, 5) is 28.9. The van der Waals surface area contributed by atoms with Crippen LogP contribution in [0.4, 0.5) is 14.2 Å². The van der Waals surface area contributed by atoms with E-state index < -0.39 is 17.8 Å². The van der Waals surface area contributed by atoms with Crippen LogP contribution in [0, 0.1) is 12.7 Å². The summed E-state index contributed by atoms with van der Waals surface area (Å²) in [6.45, 7) is 7.68. The number of hydrogen-bond acceptors (Lipinski definition) is 8. The van der Waals surface area contributed by atoms with Gasteiger partial charge in [0.15, 0.2) is 0 Å². The number of β-amino-alcohol motifs (C(OH)–C–C–N with tert-alkyl or cyclic N) is 1. The van der Waals surface area contributed by atoms with Gasteiger partial charge in [0.05, 0.1) is 6.61 Å². The number of amides is 3. The highest BCUT2D eigenvalue weighted by atomic mass is 35.5. The van der Waals surface area contributed by atoms with Crippen molar-refractivity contribution in [1.29, 1.82) is 0 Å². The molecule has 1 saturated heterocycles. The zero-order valence-corrected chi connectivity index (χ0v) is 21.8. The molecule has 0 aliphatic carbocycles. The first-order valence-corrected chi connectivity index (χ1v) is 12.9. The summed E-state index contributed by atoms with van der Waals surface area (Å²) in [7, 11) is 0. The fourth-order valence-corrected chi connectivity index (χ4v) is 4.82. The molecular weight excluding hydrogens is 511 g/mol. The van der Waals surface area contributed by atoms with Crippen molar-refractivity contribution in [2.75, 3.05) is 57.7 Å². The molecule has 0 unspecified atom stereocenters. The number of benzene rings is 1. The van der Waals surface area contributed by atoms with Gasteiger partial charge in [0.1, 0.15) is 23.0 Å². The van der Waals surface area contributed by atoms with Crippen molar-refractivity contribution in [3.8, 4) is 5.88 Å². The molecule has 1 aliphatic rings. The number of ether oxygens (including phenoxy) is 1. The fraction of sp³-hybridized carbons (Fsp3) is 0.522. The molecule has 36 heavy (non-hydrogen) atoms. The number of halogens is 2. The van der Waals surface area contributed by atoms with Crippen molar-refractivity contribution in [3.05, 3.63) is 39.7 Å². The van der Waals surface area contributed by atoms with Gasteiger partial charge in [0.25, 0.3) is 5.91 Å². The Morgan fingerprint density at radius 2 is 1.92 bits per heavy atom. The van der Waals surface area contributed by atoms with Crippen LogP contribution < -0.4 is 21.1 Å². The third-order valence-electron chi connectivity index (χ3n) is 5.89. The standard InChI is InChI=1S/C23H32ClFN6O4S/c1-15-12-17(24)16(13-18(15)25)14-35-21-19(20(26)33)22(36-29-21)28-23(34)27-4-2-3-5-30-6-8-31(9-7-30)10-11-32/h12-13,32H,2-11,14H2,1H3,(H2,26,33)(H2,27,28,34). The molecule has 2 aromatic rings. The van der Waals surface area contributed by atoms with E-state index in [0.29, 0.717) is 22.7 Å². The number of hydrogen-bond donors (Lipinski definition) is 4. The summed E-state index contributed by atoms with van der Waals surface area (Å²) in [5.41, 5.74) is 6.23. The summed E-state index contributed by atoms with van der Waals surface area (Å²) in [5, 5.41) is 14.9. The van der Waals surface area contributed by atoms with Gasteiger partial charge in [-0.05, 0) is 55.5 Å². The number of carbonyl (C=O) groups is 2. The minimum absolute atomic E-state index is 0.0563. The summed E-state index contributed by atoms with van der Waals surface area (Å²) in [5.74, 6) is -1.29. The number of piperazine rings is 1. The third kappa shape index (κ3) is 8.00. The number of aromatic nitrogens is 1. The van der Waals surface area contributed by atoms with Crippen LogP contribution in [0.1, 0.15) is 34.3 Å². The van der Waals surface area contributed by atoms with Crippen molar-refractivity contribution in [3.63, 3.8) is 0 Å². The molecule has 0 saturated carbocycles. The van der Waals surface area contributed by atoms with E-state index in [1.807, 2.05) is 0 Å². The van der Waals surface area contributed by atoms with Gasteiger partial charge in [-0.3, -0.25) is 15.0 Å². The van der Waals surface area contributed by atoms with Crippen molar-refractivity contribution in [1.82, 2.24) is 19.5 Å². The lowest BCUT2D eigenvalue weighted by Crippen LogP contribution is -2.47. The van der Waals surface area contributed by atoms with Crippen LogP contribution in [0.3, 0.4) is 0 Å². The number of carbonyl (C=O) groups excluding carboxylic acids is 2. The quantitative estimate of drug-likeness (QED) is 0.303. The zero-order valence-electron chi connectivity index (χ0n) is 20.2. The van der Waals surface area contributed by atoms with E-state index in [2.05, 4.69) is 24.8 Å². The fourth-order valence-electron chi connectivity index (χ4n) is 3.81. The number of anilines is 1. The van der Waals surface area contributed by atoms with Crippen LogP contribution in [0.15, 0.2) is 12.1 Å². The molecular formula is C23H32ClFN6O4S. The maximum Gasteiger partial charge on any atom is 0.319 e. The number of nitrogens with two attached hydrogens (primary N) is 1. The van der Waals surface area contributed by atoms with E-state index in [4.69, 9.17) is 27.2 Å². The molecule has 0 atom stereocenters. The molecule has 13 heteroatoms. The first kappa shape index (κ1) is 28.1. The lowest BCUT2D eigenvalue weighted by molar-refractivity contribution is 0.0996. The topological polar surface area (TPSA) is 133 Å². The molecule has 1 aromatic carbocycles. The Bertz CT molecular complexity index is 1050. The molecule has 3 rings (SSSR count). The number of aliphatic hydroxyl groups excluding tert-OH is 1. The van der Waals surface area contributed by atoms with Crippen LogP contribution in [-0.2, 0) is 6.61 Å². The minimum Gasteiger partial charge on any atom is -0.472 e. The summed E-state index contributed by atoms with van der Waals surface area (Å²) >= 11 is 7.00. The number of nitrogens with zero attached hydrogens (tertiary/aromatic N) is 3. The SMILES string of the molecule is Cc1cc(Cl)c(COc2nsc(NC(=O)NCCCCN3CCN(CCO)CC3)c2C(N)=O)cc1F. The summed E-state index contributed by atoms with van der Waals surface area (Å²) in [6.07, 6.45) is 1.74. The second-order valence-corrected chi connectivity index (χ2v) is 9.71. The van der Waals surface area contributed by atoms with Gasteiger partial charge in [0.2, 0.25) is 5.88 Å². The van der Waals surface area contributed by atoms with E-state index in [-0.39, 0.29) is 29.7 Å². The Morgan fingerprint density at radius 3 is 2.58 bits per heavy atom. The van der Waals surface area contributed by atoms with E-state index in [1.54, 1.807) is 6.92 Å². The van der Waals surface area contributed by atoms with Crippen molar-refractivity contribution < 1.29 is 23.8 Å². The lowest BCUT2D eigenvalue weighted by atomic mass is 10.1. The second-order valence-electron chi connectivity index (χ2n) is 8.53. The molecule has 0 bridgehead atoms. The van der Waals surface area contributed by atoms with Gasteiger partial charge in [0, 0.05) is 49.9 Å².